The zero-order chi connectivity index (χ0) is 11.7. The van der Waals surface area contributed by atoms with Gasteiger partial charge < -0.3 is 4.74 Å². The van der Waals surface area contributed by atoms with Gasteiger partial charge in [0.2, 0.25) is 0 Å². The standard InChI is InChI=1S/C9H10N4O2S/c1-3-15-8(14)7-11-6-4-5(2)10-9(16)13(6)12-7/h4H,3H2,1-2H3,(H,10,16). The number of ether oxygens (including phenoxy) is 1. The van der Waals surface area contributed by atoms with E-state index >= 15 is 0 Å². The van der Waals surface area contributed by atoms with Gasteiger partial charge in [0, 0.05) is 11.8 Å². The van der Waals surface area contributed by atoms with Gasteiger partial charge in [-0.1, -0.05) is 0 Å². The van der Waals surface area contributed by atoms with Crippen molar-refractivity contribution in [1.29, 1.82) is 0 Å². The van der Waals surface area contributed by atoms with Crippen molar-refractivity contribution in [3.63, 3.8) is 0 Å². The fourth-order valence-electron chi connectivity index (χ4n) is 1.27. The van der Waals surface area contributed by atoms with E-state index in [4.69, 9.17) is 4.74 Å². The molecule has 6 nitrogen and oxygen atoms in total. The maximum Gasteiger partial charge on any atom is 0.378 e. The molecule has 2 heterocycles. The number of hydrogen-bond donors (Lipinski definition) is 1. The summed E-state index contributed by atoms with van der Waals surface area (Å²) in [6, 6.07) is 1.72. The topological polar surface area (TPSA) is 69.4 Å². The van der Waals surface area contributed by atoms with Crippen LogP contribution in [0, 0.1) is 6.92 Å². The van der Waals surface area contributed by atoms with E-state index in [1.165, 1.54) is 4.52 Å². The summed E-state index contributed by atoms with van der Waals surface area (Å²) in [5.74, 6) is -0.527. The first-order valence-electron chi connectivity index (χ1n) is 4.72. The van der Waals surface area contributed by atoms with E-state index in [0.29, 0.717) is 17.4 Å². The highest BCUT2D eigenvalue weighted by Gasteiger charge is 2.15. The molecule has 0 fully saturated rings. The molecule has 0 aliphatic heterocycles. The van der Waals surface area contributed by atoms with Gasteiger partial charge in [0.1, 0.15) is 0 Å². The Morgan fingerprint density at radius 3 is 3.00 bits per heavy atom. The smallest absolute Gasteiger partial charge is 0.378 e. The number of nitrogens with zero attached hydrogens (tertiary/aromatic N) is 4. The first kappa shape index (κ1) is 10.9. The lowest BCUT2D eigenvalue weighted by molar-refractivity contribution is 0.0512. The molecule has 0 radical (unpaired) electrons. The second-order valence-electron chi connectivity index (χ2n) is 3.12. The Hall–Kier alpha value is -1.63. The molecule has 0 spiro atoms. The molecule has 0 aromatic carbocycles. The molecule has 84 valence electrons. The quantitative estimate of drug-likeness (QED) is 0.478. The van der Waals surface area contributed by atoms with E-state index in [2.05, 4.69) is 27.7 Å². The minimum atomic E-state index is -0.545. The molecule has 2 aromatic heterocycles. The van der Waals surface area contributed by atoms with Crippen LogP contribution >= 0.6 is 12.6 Å². The Bertz CT molecular complexity index is 552. The summed E-state index contributed by atoms with van der Waals surface area (Å²) in [5.41, 5.74) is 1.29. The molecule has 0 atom stereocenters. The lowest BCUT2D eigenvalue weighted by atomic mass is 10.4. The number of rotatable bonds is 2. The number of aryl methyl sites for hydroxylation is 1. The van der Waals surface area contributed by atoms with Gasteiger partial charge in [0.05, 0.1) is 6.61 Å². The Labute approximate surface area is 97.1 Å². The zero-order valence-corrected chi connectivity index (χ0v) is 9.73. The van der Waals surface area contributed by atoms with E-state index < -0.39 is 5.97 Å². The number of hydrogen-bond acceptors (Lipinski definition) is 6. The van der Waals surface area contributed by atoms with Crippen molar-refractivity contribution >= 4 is 24.2 Å². The molecule has 7 heteroatoms. The lowest BCUT2D eigenvalue weighted by Crippen LogP contribution is -2.07. The SMILES string of the molecule is CCOC(=O)c1nc2cc(C)nc(S)n2n1. The van der Waals surface area contributed by atoms with Gasteiger partial charge in [-0.15, -0.1) is 17.7 Å². The number of carbonyl (C=O) groups is 1. The lowest BCUT2D eigenvalue weighted by Gasteiger charge is -1.96. The largest absolute Gasteiger partial charge is 0.460 e. The minimum Gasteiger partial charge on any atom is -0.460 e. The van der Waals surface area contributed by atoms with E-state index in [0.717, 1.165) is 5.69 Å². The molecule has 2 rings (SSSR count). The predicted octanol–water partition coefficient (Wildman–Crippen LogP) is 0.898. The molecule has 0 unspecified atom stereocenters. The van der Waals surface area contributed by atoms with Gasteiger partial charge in [-0.3, -0.25) is 0 Å². The van der Waals surface area contributed by atoms with Crippen molar-refractivity contribution in [3.8, 4) is 0 Å². The van der Waals surface area contributed by atoms with Crippen LogP contribution in [-0.2, 0) is 4.74 Å². The van der Waals surface area contributed by atoms with Crippen LogP contribution in [0.2, 0.25) is 0 Å². The first-order chi connectivity index (χ1) is 7.61. The van der Waals surface area contributed by atoms with Crippen LogP contribution in [0.3, 0.4) is 0 Å². The van der Waals surface area contributed by atoms with E-state index in [1.54, 1.807) is 13.0 Å². The molecule has 0 aliphatic rings. The van der Waals surface area contributed by atoms with Gasteiger partial charge in [0.25, 0.3) is 5.82 Å². The predicted molar refractivity (Wildman–Crippen MR) is 58.7 cm³/mol. The van der Waals surface area contributed by atoms with Crippen LogP contribution in [0.15, 0.2) is 11.2 Å². The van der Waals surface area contributed by atoms with Gasteiger partial charge in [0.15, 0.2) is 10.8 Å². The van der Waals surface area contributed by atoms with Crippen molar-refractivity contribution in [1.82, 2.24) is 19.6 Å². The third-order valence-corrected chi connectivity index (χ3v) is 2.18. The summed E-state index contributed by atoms with van der Waals surface area (Å²) in [7, 11) is 0. The molecular formula is C9H10N4O2S. The van der Waals surface area contributed by atoms with Gasteiger partial charge >= 0.3 is 5.97 Å². The Morgan fingerprint density at radius 2 is 2.31 bits per heavy atom. The fourth-order valence-corrected chi connectivity index (χ4v) is 1.58. The Kier molecular flexibility index (Phi) is 2.78. The monoisotopic (exact) mass is 238 g/mol. The maximum atomic E-state index is 11.4. The average Bonchev–Trinajstić information content (AvgIpc) is 2.62. The van der Waals surface area contributed by atoms with Crippen molar-refractivity contribution in [3.05, 3.63) is 17.6 Å². The van der Waals surface area contributed by atoms with Crippen molar-refractivity contribution < 1.29 is 9.53 Å². The van der Waals surface area contributed by atoms with E-state index in [9.17, 15) is 4.79 Å². The minimum absolute atomic E-state index is 0.0181. The Morgan fingerprint density at radius 1 is 1.56 bits per heavy atom. The number of aromatic nitrogens is 4. The van der Waals surface area contributed by atoms with Crippen LogP contribution in [0.5, 0.6) is 0 Å². The number of carbonyl (C=O) groups excluding carboxylic acids is 1. The second-order valence-corrected chi connectivity index (χ2v) is 3.52. The summed E-state index contributed by atoms with van der Waals surface area (Å²) in [4.78, 5) is 19.5. The first-order valence-corrected chi connectivity index (χ1v) is 5.17. The highest BCUT2D eigenvalue weighted by Crippen LogP contribution is 2.09. The van der Waals surface area contributed by atoms with Crippen LogP contribution in [0.1, 0.15) is 23.2 Å². The molecule has 0 aliphatic carbocycles. The summed E-state index contributed by atoms with van der Waals surface area (Å²) in [5, 5.41) is 4.35. The highest BCUT2D eigenvalue weighted by molar-refractivity contribution is 7.80. The van der Waals surface area contributed by atoms with Crippen LogP contribution in [0.25, 0.3) is 5.65 Å². The average molecular weight is 238 g/mol. The normalized spacial score (nSPS) is 10.7. The number of thiol groups is 1. The van der Waals surface area contributed by atoms with Crippen LogP contribution < -0.4 is 0 Å². The van der Waals surface area contributed by atoms with Crippen LogP contribution in [0.4, 0.5) is 0 Å². The van der Waals surface area contributed by atoms with E-state index in [1.807, 2.05) is 6.92 Å². The molecule has 0 saturated heterocycles. The van der Waals surface area contributed by atoms with Crippen molar-refractivity contribution in [2.24, 2.45) is 0 Å². The maximum absolute atomic E-state index is 11.4. The third-order valence-electron chi connectivity index (χ3n) is 1.89. The Balaban J connectivity index is 2.51. The third kappa shape index (κ3) is 1.85. The summed E-state index contributed by atoms with van der Waals surface area (Å²) in [6.45, 7) is 3.83. The molecule has 0 amide bonds. The second kappa shape index (κ2) is 4.09. The van der Waals surface area contributed by atoms with Crippen molar-refractivity contribution in [2.75, 3.05) is 6.61 Å². The molecule has 0 saturated carbocycles. The van der Waals surface area contributed by atoms with E-state index in [-0.39, 0.29) is 5.82 Å². The number of esters is 1. The fraction of sp³-hybridized carbons (Fsp3) is 0.333. The molecule has 0 bridgehead atoms. The summed E-state index contributed by atoms with van der Waals surface area (Å²) >= 11 is 4.15. The van der Waals surface area contributed by atoms with Crippen molar-refractivity contribution in [2.45, 2.75) is 19.0 Å². The van der Waals surface area contributed by atoms with Gasteiger partial charge in [-0.2, -0.15) is 4.52 Å². The van der Waals surface area contributed by atoms with Crippen LogP contribution in [-0.4, -0.2) is 32.2 Å². The number of fused-ring (bicyclic) bond motifs is 1. The molecule has 2 aromatic rings. The summed E-state index contributed by atoms with van der Waals surface area (Å²) < 4.78 is 6.20. The summed E-state index contributed by atoms with van der Waals surface area (Å²) in [6.07, 6.45) is 0. The molecule has 16 heavy (non-hydrogen) atoms. The zero-order valence-electron chi connectivity index (χ0n) is 8.84. The van der Waals surface area contributed by atoms with Gasteiger partial charge in [-0.25, -0.2) is 14.8 Å². The molecular weight excluding hydrogens is 228 g/mol. The highest BCUT2D eigenvalue weighted by atomic mass is 32.1. The molecule has 0 N–H and O–H groups in total. The van der Waals surface area contributed by atoms with Gasteiger partial charge in [-0.05, 0) is 13.8 Å².